The molecule has 226 valence electrons. The number of nitrogens with one attached hydrogen (secondary N) is 1. The predicted molar refractivity (Wildman–Crippen MR) is 177 cm³/mol. The Balaban J connectivity index is 1.40. The summed E-state index contributed by atoms with van der Waals surface area (Å²) in [6.45, 7) is -0.328. The number of carbonyl (C=O) groups excluding carboxylic acids is 1. The molecule has 2 heterocycles. The standard InChI is InChI=1S/C33H24BrClN4O6/c1-42-26-8-5-9-27-24(26)16-29(45-27)32-38-25-7-4-3-6-23(25)33(41)39(32)36-17-19-14-20(34)15-28(43-2)31(19)44-18-30(40)37-22-12-10-21(35)11-13-22/h3-17H,18H2,1-2H3,(H,37,40). The lowest BCUT2D eigenvalue weighted by Crippen LogP contribution is -2.21. The van der Waals surface area contributed by atoms with Crippen LogP contribution in [0.3, 0.4) is 0 Å². The maximum atomic E-state index is 13.8. The molecule has 0 spiro atoms. The normalized spacial score (nSPS) is 11.3. The lowest BCUT2D eigenvalue weighted by atomic mass is 10.2. The van der Waals surface area contributed by atoms with Gasteiger partial charge in [-0.05, 0) is 66.7 Å². The van der Waals surface area contributed by atoms with Crippen LogP contribution in [0.15, 0.2) is 104 Å². The van der Waals surface area contributed by atoms with E-state index < -0.39 is 11.5 Å². The summed E-state index contributed by atoms with van der Waals surface area (Å²) in [5.41, 5.74) is 1.63. The molecule has 0 atom stereocenters. The number of anilines is 1. The number of para-hydroxylation sites is 1. The van der Waals surface area contributed by atoms with E-state index >= 15 is 0 Å². The number of hydrogen-bond acceptors (Lipinski definition) is 8. The van der Waals surface area contributed by atoms with Crippen molar-refractivity contribution >= 4 is 67.2 Å². The Hall–Kier alpha value is -5.13. The van der Waals surface area contributed by atoms with Gasteiger partial charge in [0.25, 0.3) is 11.5 Å². The SMILES string of the molecule is COc1cc(Br)cc(C=Nn2c(-c3cc4c(OC)cccc4o3)nc3ccccc3c2=O)c1OCC(=O)Nc1ccc(Cl)cc1. The van der Waals surface area contributed by atoms with E-state index in [0.29, 0.717) is 54.5 Å². The molecule has 0 saturated heterocycles. The predicted octanol–water partition coefficient (Wildman–Crippen LogP) is 7.14. The second-order valence-corrected chi connectivity index (χ2v) is 11.0. The minimum atomic E-state index is -0.411. The van der Waals surface area contributed by atoms with Crippen LogP contribution in [0.1, 0.15) is 5.56 Å². The van der Waals surface area contributed by atoms with Gasteiger partial charge in [0.05, 0.1) is 36.7 Å². The highest BCUT2D eigenvalue weighted by Gasteiger charge is 2.19. The zero-order valence-electron chi connectivity index (χ0n) is 23.9. The van der Waals surface area contributed by atoms with Crippen LogP contribution in [-0.2, 0) is 4.79 Å². The third-order valence-electron chi connectivity index (χ3n) is 6.77. The first-order valence-electron chi connectivity index (χ1n) is 13.5. The van der Waals surface area contributed by atoms with Crippen LogP contribution >= 0.6 is 27.5 Å². The molecule has 1 amide bonds. The van der Waals surface area contributed by atoms with Gasteiger partial charge in [0.15, 0.2) is 23.9 Å². The monoisotopic (exact) mass is 686 g/mol. The number of fused-ring (bicyclic) bond motifs is 2. The number of aromatic nitrogens is 2. The summed E-state index contributed by atoms with van der Waals surface area (Å²) in [4.78, 5) is 31.2. The second-order valence-electron chi connectivity index (χ2n) is 9.67. The smallest absolute Gasteiger partial charge is 0.282 e. The highest BCUT2D eigenvalue weighted by Crippen LogP contribution is 2.35. The summed E-state index contributed by atoms with van der Waals surface area (Å²) in [6, 6.07) is 24.3. The third kappa shape index (κ3) is 6.26. The first-order valence-corrected chi connectivity index (χ1v) is 14.7. The summed E-state index contributed by atoms with van der Waals surface area (Å²) in [5, 5.41) is 8.95. The van der Waals surface area contributed by atoms with Crippen LogP contribution in [0, 0.1) is 0 Å². The Morgan fingerprint density at radius 1 is 1.00 bits per heavy atom. The zero-order chi connectivity index (χ0) is 31.5. The van der Waals surface area contributed by atoms with Gasteiger partial charge in [-0.25, -0.2) is 4.98 Å². The molecule has 0 fully saturated rings. The van der Waals surface area contributed by atoms with Gasteiger partial charge in [0.1, 0.15) is 11.3 Å². The van der Waals surface area contributed by atoms with Crippen molar-refractivity contribution < 1.29 is 23.4 Å². The molecular weight excluding hydrogens is 664 g/mol. The number of furan rings is 1. The number of ether oxygens (including phenoxy) is 3. The average molecular weight is 688 g/mol. The minimum Gasteiger partial charge on any atom is -0.496 e. The average Bonchev–Trinajstić information content (AvgIpc) is 3.49. The molecule has 0 unspecified atom stereocenters. The molecule has 2 aromatic heterocycles. The molecule has 0 aliphatic heterocycles. The van der Waals surface area contributed by atoms with Crippen molar-refractivity contribution in [2.45, 2.75) is 0 Å². The van der Waals surface area contributed by atoms with Crippen molar-refractivity contribution in [2.24, 2.45) is 5.10 Å². The van der Waals surface area contributed by atoms with E-state index in [1.807, 2.05) is 12.1 Å². The number of benzene rings is 4. The highest BCUT2D eigenvalue weighted by atomic mass is 79.9. The fourth-order valence-corrected chi connectivity index (χ4v) is 5.27. The van der Waals surface area contributed by atoms with Crippen LogP contribution in [0.2, 0.25) is 5.02 Å². The van der Waals surface area contributed by atoms with E-state index in [4.69, 9.17) is 35.2 Å². The van der Waals surface area contributed by atoms with E-state index in [9.17, 15) is 9.59 Å². The number of hydrogen-bond donors (Lipinski definition) is 1. The van der Waals surface area contributed by atoms with Crippen molar-refractivity contribution in [3.8, 4) is 28.8 Å². The Morgan fingerprint density at radius 3 is 2.56 bits per heavy atom. The van der Waals surface area contributed by atoms with Gasteiger partial charge in [0.2, 0.25) is 5.82 Å². The molecule has 10 nitrogen and oxygen atoms in total. The lowest BCUT2D eigenvalue weighted by molar-refractivity contribution is -0.118. The molecule has 4 aromatic carbocycles. The Labute approximate surface area is 269 Å². The molecular formula is C33H24BrClN4O6. The van der Waals surface area contributed by atoms with E-state index in [1.165, 1.54) is 13.3 Å². The van der Waals surface area contributed by atoms with Crippen LogP contribution in [-0.4, -0.2) is 42.6 Å². The molecule has 6 aromatic rings. The fraction of sp³-hybridized carbons (Fsp3) is 0.0909. The lowest BCUT2D eigenvalue weighted by Gasteiger charge is -2.14. The van der Waals surface area contributed by atoms with Crippen molar-refractivity contribution in [1.29, 1.82) is 0 Å². The summed E-state index contributed by atoms with van der Waals surface area (Å²) in [6.07, 6.45) is 1.43. The number of methoxy groups -OCH3 is 2. The van der Waals surface area contributed by atoms with Gasteiger partial charge < -0.3 is 23.9 Å². The zero-order valence-corrected chi connectivity index (χ0v) is 26.3. The Kier molecular flexibility index (Phi) is 8.54. The molecule has 12 heteroatoms. The summed E-state index contributed by atoms with van der Waals surface area (Å²) < 4.78 is 24.9. The molecule has 6 rings (SSSR count). The van der Waals surface area contributed by atoms with Crippen molar-refractivity contribution in [3.05, 3.63) is 110 Å². The van der Waals surface area contributed by atoms with Gasteiger partial charge in [-0.3, -0.25) is 9.59 Å². The Bertz CT molecular complexity index is 2140. The van der Waals surface area contributed by atoms with Gasteiger partial charge in [-0.15, -0.1) is 0 Å². The molecule has 0 saturated carbocycles. The number of nitrogens with zero attached hydrogens (tertiary/aromatic N) is 3. The third-order valence-corrected chi connectivity index (χ3v) is 7.48. The first kappa shape index (κ1) is 29.9. The second kappa shape index (κ2) is 12.8. The van der Waals surface area contributed by atoms with Gasteiger partial charge in [-0.2, -0.15) is 9.78 Å². The van der Waals surface area contributed by atoms with Crippen molar-refractivity contribution in [3.63, 3.8) is 0 Å². The van der Waals surface area contributed by atoms with Crippen LogP contribution in [0.5, 0.6) is 17.2 Å². The van der Waals surface area contributed by atoms with Crippen molar-refractivity contribution in [1.82, 2.24) is 9.66 Å². The van der Waals surface area contributed by atoms with Crippen LogP contribution in [0.4, 0.5) is 5.69 Å². The number of rotatable bonds is 9. The number of halogens is 2. The summed E-state index contributed by atoms with van der Waals surface area (Å²) in [7, 11) is 3.05. The quantitative estimate of drug-likeness (QED) is 0.161. The number of amides is 1. The molecule has 0 aliphatic carbocycles. The number of carbonyl (C=O) groups is 1. The molecule has 1 N–H and O–H groups in total. The van der Waals surface area contributed by atoms with Gasteiger partial charge >= 0.3 is 0 Å². The highest BCUT2D eigenvalue weighted by molar-refractivity contribution is 9.10. The molecule has 0 bridgehead atoms. The largest absolute Gasteiger partial charge is 0.496 e. The van der Waals surface area contributed by atoms with Crippen LogP contribution < -0.4 is 25.1 Å². The van der Waals surface area contributed by atoms with E-state index in [-0.39, 0.29) is 18.2 Å². The summed E-state index contributed by atoms with van der Waals surface area (Å²) in [5.74, 6) is 1.30. The van der Waals surface area contributed by atoms with Crippen molar-refractivity contribution in [2.75, 3.05) is 26.1 Å². The van der Waals surface area contributed by atoms with E-state index in [2.05, 4.69) is 26.3 Å². The van der Waals surface area contributed by atoms with Gasteiger partial charge in [0, 0.05) is 20.7 Å². The maximum absolute atomic E-state index is 13.8. The van der Waals surface area contributed by atoms with Gasteiger partial charge in [-0.1, -0.05) is 45.7 Å². The Morgan fingerprint density at radius 2 is 1.78 bits per heavy atom. The van der Waals surface area contributed by atoms with Crippen LogP contribution in [0.25, 0.3) is 33.5 Å². The molecule has 45 heavy (non-hydrogen) atoms. The topological polar surface area (TPSA) is 117 Å². The first-order chi connectivity index (χ1) is 21.8. The maximum Gasteiger partial charge on any atom is 0.282 e. The fourth-order valence-electron chi connectivity index (χ4n) is 4.69. The minimum absolute atomic E-state index is 0.181. The molecule has 0 aliphatic rings. The van der Waals surface area contributed by atoms with E-state index in [1.54, 1.807) is 79.9 Å². The van der Waals surface area contributed by atoms with E-state index in [0.717, 1.165) is 10.1 Å². The molecule has 0 radical (unpaired) electrons. The summed E-state index contributed by atoms with van der Waals surface area (Å²) >= 11 is 9.42.